The molecule has 0 spiro atoms. The monoisotopic (exact) mass is 281 g/mol. The Hall–Kier alpha value is -0.800. The molecule has 0 amide bonds. The van der Waals surface area contributed by atoms with Crippen molar-refractivity contribution in [1.29, 1.82) is 0 Å². The number of aliphatic hydroxyl groups is 1. The minimum absolute atomic E-state index is 0.192. The van der Waals surface area contributed by atoms with E-state index in [1.54, 1.807) is 0 Å². The molecule has 1 aromatic heterocycles. The molecule has 0 atom stereocenters. The highest BCUT2D eigenvalue weighted by atomic mass is 79.9. The fraction of sp³-hybridized carbons (Fsp3) is 0.385. The highest BCUT2D eigenvalue weighted by Gasteiger charge is 2.12. The Bertz CT molecular complexity index is 502. The minimum atomic E-state index is 0.192. The van der Waals surface area contributed by atoms with E-state index in [1.807, 2.05) is 9.79 Å². The van der Waals surface area contributed by atoms with Gasteiger partial charge in [0.25, 0.3) is 0 Å². The van der Waals surface area contributed by atoms with Crippen molar-refractivity contribution in [2.24, 2.45) is 0 Å². The average Bonchev–Trinajstić information content (AvgIpc) is 2.57. The maximum Gasteiger partial charge on any atom is 0.0628 e. The molecule has 0 fully saturated rings. The van der Waals surface area contributed by atoms with Crippen LogP contribution in [0.2, 0.25) is 0 Å². The number of rotatable bonds is 3. The van der Waals surface area contributed by atoms with Gasteiger partial charge < -0.3 is 5.11 Å². The number of para-hydroxylation sites is 1. The molecule has 0 radical (unpaired) electrons. The fourth-order valence-corrected chi connectivity index (χ4v) is 2.76. The van der Waals surface area contributed by atoms with E-state index in [1.165, 1.54) is 22.0 Å². The zero-order chi connectivity index (χ0) is 11.7. The molecule has 2 nitrogen and oxygen atoms in total. The number of fused-ring (bicyclic) bond motifs is 1. The molecule has 0 unspecified atom stereocenters. The first kappa shape index (κ1) is 11.7. The van der Waals surface area contributed by atoms with Crippen LogP contribution in [0.25, 0.3) is 10.9 Å². The number of aliphatic hydroxyl groups excluding tert-OH is 1. The van der Waals surface area contributed by atoms with Gasteiger partial charge in [-0.25, -0.2) is 0 Å². The largest absolute Gasteiger partial charge is 0.396 e. The predicted octanol–water partition coefficient (Wildman–Crippen LogP) is 3.46. The molecule has 0 saturated carbocycles. The van der Waals surface area contributed by atoms with Crippen LogP contribution in [0.15, 0.2) is 24.4 Å². The lowest BCUT2D eigenvalue weighted by Gasteiger charge is -2.08. The molecule has 1 aromatic carbocycles. The standard InChI is InChI=1S/C13H16BrNO/c1-9(2)11-4-3-5-12-10(6-7-16)8-15(14)13(11)12/h3-5,8-9,16H,6-7H2,1-2H3. The minimum Gasteiger partial charge on any atom is -0.396 e. The van der Waals surface area contributed by atoms with Crippen LogP contribution in [0.1, 0.15) is 30.9 Å². The van der Waals surface area contributed by atoms with Gasteiger partial charge in [-0.05, 0) is 23.5 Å². The number of hydrogen-bond donors (Lipinski definition) is 1. The topological polar surface area (TPSA) is 25.2 Å². The normalized spacial score (nSPS) is 11.6. The van der Waals surface area contributed by atoms with Crippen molar-refractivity contribution < 1.29 is 5.11 Å². The van der Waals surface area contributed by atoms with Crippen LogP contribution in [-0.4, -0.2) is 15.3 Å². The van der Waals surface area contributed by atoms with E-state index >= 15 is 0 Å². The molecule has 0 aliphatic carbocycles. The van der Waals surface area contributed by atoms with Crippen molar-refractivity contribution in [2.75, 3.05) is 6.61 Å². The van der Waals surface area contributed by atoms with E-state index in [0.29, 0.717) is 12.3 Å². The summed E-state index contributed by atoms with van der Waals surface area (Å²) in [5, 5.41) is 10.3. The molecule has 3 heteroatoms. The van der Waals surface area contributed by atoms with Gasteiger partial charge in [0, 0.05) is 18.2 Å². The molecule has 2 rings (SSSR count). The van der Waals surface area contributed by atoms with E-state index in [2.05, 4.69) is 48.2 Å². The number of halogens is 1. The first-order valence-corrected chi connectivity index (χ1v) is 6.26. The van der Waals surface area contributed by atoms with Crippen molar-refractivity contribution in [3.8, 4) is 0 Å². The van der Waals surface area contributed by atoms with Gasteiger partial charge in [-0.15, -0.1) is 0 Å². The van der Waals surface area contributed by atoms with Gasteiger partial charge >= 0.3 is 0 Å². The summed E-state index contributed by atoms with van der Waals surface area (Å²) in [4.78, 5) is 0. The summed E-state index contributed by atoms with van der Waals surface area (Å²) in [6, 6.07) is 6.36. The second-order valence-corrected chi connectivity index (χ2v) is 5.10. The Morgan fingerprint density at radius 1 is 1.38 bits per heavy atom. The Morgan fingerprint density at radius 2 is 2.12 bits per heavy atom. The number of aromatic nitrogens is 1. The van der Waals surface area contributed by atoms with E-state index in [0.717, 1.165) is 0 Å². The van der Waals surface area contributed by atoms with E-state index < -0.39 is 0 Å². The van der Waals surface area contributed by atoms with Gasteiger partial charge in [0.2, 0.25) is 0 Å². The molecular weight excluding hydrogens is 266 g/mol. The summed E-state index contributed by atoms with van der Waals surface area (Å²) in [5.41, 5.74) is 3.75. The predicted molar refractivity (Wildman–Crippen MR) is 71.1 cm³/mol. The summed E-state index contributed by atoms with van der Waals surface area (Å²) in [7, 11) is 0. The smallest absolute Gasteiger partial charge is 0.0628 e. The first-order chi connectivity index (χ1) is 7.65. The van der Waals surface area contributed by atoms with Crippen LogP contribution in [-0.2, 0) is 6.42 Å². The van der Waals surface area contributed by atoms with Crippen molar-refractivity contribution in [3.63, 3.8) is 0 Å². The van der Waals surface area contributed by atoms with Gasteiger partial charge in [-0.1, -0.05) is 32.0 Å². The van der Waals surface area contributed by atoms with Crippen molar-refractivity contribution in [3.05, 3.63) is 35.5 Å². The summed E-state index contributed by atoms with van der Waals surface area (Å²) in [6.07, 6.45) is 2.75. The number of nitrogens with zero attached hydrogens (tertiary/aromatic N) is 1. The van der Waals surface area contributed by atoms with Crippen LogP contribution in [0.5, 0.6) is 0 Å². The molecule has 0 aliphatic heterocycles. The lowest BCUT2D eigenvalue weighted by atomic mass is 9.99. The first-order valence-electron chi connectivity index (χ1n) is 5.55. The van der Waals surface area contributed by atoms with E-state index in [9.17, 15) is 0 Å². The second kappa shape index (κ2) is 4.60. The van der Waals surface area contributed by atoms with E-state index in [-0.39, 0.29) is 6.61 Å². The highest BCUT2D eigenvalue weighted by molar-refractivity contribution is 9.08. The quantitative estimate of drug-likeness (QED) is 0.916. The second-order valence-electron chi connectivity index (χ2n) is 4.34. The molecule has 0 bridgehead atoms. The van der Waals surface area contributed by atoms with Crippen LogP contribution in [0.4, 0.5) is 0 Å². The molecule has 1 N–H and O–H groups in total. The maximum atomic E-state index is 9.04. The van der Waals surface area contributed by atoms with Crippen LogP contribution >= 0.6 is 16.1 Å². The van der Waals surface area contributed by atoms with Gasteiger partial charge in [0.05, 0.1) is 21.7 Å². The Kier molecular flexibility index (Phi) is 3.36. The summed E-state index contributed by atoms with van der Waals surface area (Å²) >= 11 is 3.54. The zero-order valence-corrected chi connectivity index (χ0v) is 11.2. The van der Waals surface area contributed by atoms with Crippen LogP contribution in [0.3, 0.4) is 0 Å². The van der Waals surface area contributed by atoms with Gasteiger partial charge in [-0.3, -0.25) is 3.59 Å². The molecule has 1 heterocycles. The van der Waals surface area contributed by atoms with Gasteiger partial charge in [0.15, 0.2) is 0 Å². The average molecular weight is 282 g/mol. The molecule has 16 heavy (non-hydrogen) atoms. The number of benzene rings is 1. The number of hydrogen-bond acceptors (Lipinski definition) is 1. The Balaban J connectivity index is 2.69. The molecule has 2 aromatic rings. The van der Waals surface area contributed by atoms with Crippen molar-refractivity contribution >= 4 is 27.1 Å². The molecule has 0 saturated heterocycles. The molecule has 86 valence electrons. The third-order valence-corrected chi connectivity index (χ3v) is 3.46. The van der Waals surface area contributed by atoms with Crippen LogP contribution < -0.4 is 0 Å². The van der Waals surface area contributed by atoms with E-state index in [4.69, 9.17) is 5.11 Å². The molecular formula is C13H16BrNO. The van der Waals surface area contributed by atoms with Gasteiger partial charge in [0.1, 0.15) is 0 Å². The van der Waals surface area contributed by atoms with Gasteiger partial charge in [-0.2, -0.15) is 0 Å². The van der Waals surface area contributed by atoms with Crippen molar-refractivity contribution in [2.45, 2.75) is 26.2 Å². The lowest BCUT2D eigenvalue weighted by Crippen LogP contribution is -1.91. The van der Waals surface area contributed by atoms with Crippen LogP contribution in [0, 0.1) is 0 Å². The maximum absolute atomic E-state index is 9.04. The fourth-order valence-electron chi connectivity index (χ4n) is 2.12. The summed E-state index contributed by atoms with van der Waals surface area (Å²) < 4.78 is 1.99. The third kappa shape index (κ3) is 1.89. The summed E-state index contributed by atoms with van der Waals surface area (Å²) in [6.45, 7) is 4.58. The Morgan fingerprint density at radius 3 is 2.75 bits per heavy atom. The SMILES string of the molecule is CC(C)c1cccc2c(CCO)cn(Br)c12. The Labute approximate surface area is 104 Å². The zero-order valence-electron chi connectivity index (χ0n) is 9.57. The van der Waals surface area contributed by atoms with Crippen molar-refractivity contribution in [1.82, 2.24) is 3.59 Å². The molecule has 0 aliphatic rings. The lowest BCUT2D eigenvalue weighted by molar-refractivity contribution is 0.300. The third-order valence-electron chi connectivity index (χ3n) is 2.90. The summed E-state index contributed by atoms with van der Waals surface area (Å²) in [5.74, 6) is 0.497. The highest BCUT2D eigenvalue weighted by Crippen LogP contribution is 2.30.